The number of aromatic nitrogens is 2. The van der Waals surface area contributed by atoms with Gasteiger partial charge in [-0.1, -0.05) is 0 Å². The maximum Gasteiger partial charge on any atom is 0.150 e. The summed E-state index contributed by atoms with van der Waals surface area (Å²) in [5, 5.41) is 0. The average molecular weight is 244 g/mol. The number of aldehydes is 1. The van der Waals surface area contributed by atoms with E-state index >= 15 is 0 Å². The molecule has 2 heterocycles. The second-order valence-corrected chi connectivity index (χ2v) is 4.78. The SMILES string of the molecule is Cn1c(C2CCOCC2)nc2cc(C=O)ccc21. The van der Waals surface area contributed by atoms with Gasteiger partial charge in [-0.3, -0.25) is 4.79 Å². The summed E-state index contributed by atoms with van der Waals surface area (Å²) in [5.41, 5.74) is 2.67. The minimum Gasteiger partial charge on any atom is -0.381 e. The van der Waals surface area contributed by atoms with E-state index in [0.29, 0.717) is 11.5 Å². The lowest BCUT2D eigenvalue weighted by molar-refractivity contribution is 0.0831. The molecule has 0 atom stereocenters. The summed E-state index contributed by atoms with van der Waals surface area (Å²) in [4.78, 5) is 15.5. The summed E-state index contributed by atoms with van der Waals surface area (Å²) < 4.78 is 7.53. The zero-order valence-electron chi connectivity index (χ0n) is 10.4. The van der Waals surface area contributed by atoms with Crippen LogP contribution in [0.25, 0.3) is 11.0 Å². The van der Waals surface area contributed by atoms with Crippen LogP contribution in [0, 0.1) is 0 Å². The predicted octanol–water partition coefficient (Wildman–Crippen LogP) is 2.28. The van der Waals surface area contributed by atoms with Gasteiger partial charge < -0.3 is 9.30 Å². The van der Waals surface area contributed by atoms with Crippen molar-refractivity contribution in [3.05, 3.63) is 29.6 Å². The molecule has 4 heteroatoms. The zero-order chi connectivity index (χ0) is 12.5. The van der Waals surface area contributed by atoms with Crippen LogP contribution in [0.2, 0.25) is 0 Å². The Morgan fingerprint density at radius 2 is 2.17 bits per heavy atom. The Kier molecular flexibility index (Phi) is 2.88. The number of benzene rings is 1. The minimum absolute atomic E-state index is 0.468. The van der Waals surface area contributed by atoms with Crippen molar-refractivity contribution in [1.29, 1.82) is 0 Å². The van der Waals surface area contributed by atoms with Gasteiger partial charge in [0.15, 0.2) is 0 Å². The van der Waals surface area contributed by atoms with Crippen molar-refractivity contribution in [2.45, 2.75) is 18.8 Å². The summed E-state index contributed by atoms with van der Waals surface area (Å²) >= 11 is 0. The lowest BCUT2D eigenvalue weighted by atomic mass is 9.99. The van der Waals surface area contributed by atoms with Crippen molar-refractivity contribution in [3.63, 3.8) is 0 Å². The van der Waals surface area contributed by atoms with E-state index < -0.39 is 0 Å². The Bertz CT molecular complexity index is 583. The summed E-state index contributed by atoms with van der Waals surface area (Å²) in [7, 11) is 2.04. The van der Waals surface area contributed by atoms with Crippen LogP contribution in [-0.2, 0) is 11.8 Å². The van der Waals surface area contributed by atoms with Crippen LogP contribution in [0.5, 0.6) is 0 Å². The summed E-state index contributed by atoms with van der Waals surface area (Å²) in [6.45, 7) is 1.63. The van der Waals surface area contributed by atoms with E-state index in [9.17, 15) is 4.79 Å². The first kappa shape index (κ1) is 11.4. The number of aryl methyl sites for hydroxylation is 1. The third-order valence-corrected chi connectivity index (χ3v) is 3.66. The maximum atomic E-state index is 10.8. The fourth-order valence-corrected chi connectivity index (χ4v) is 2.63. The Morgan fingerprint density at radius 3 is 2.89 bits per heavy atom. The molecule has 0 aliphatic carbocycles. The third-order valence-electron chi connectivity index (χ3n) is 3.66. The molecule has 0 amide bonds. The fourth-order valence-electron chi connectivity index (χ4n) is 2.63. The van der Waals surface area contributed by atoms with Gasteiger partial charge in [-0.05, 0) is 31.0 Å². The lowest BCUT2D eigenvalue weighted by Gasteiger charge is -2.21. The first-order chi connectivity index (χ1) is 8.79. The smallest absolute Gasteiger partial charge is 0.150 e. The number of fused-ring (bicyclic) bond motifs is 1. The standard InChI is InChI=1S/C14H16N2O2/c1-16-13-3-2-10(9-17)8-12(13)15-14(16)11-4-6-18-7-5-11/h2-3,8-9,11H,4-7H2,1H3. The van der Waals surface area contributed by atoms with Crippen molar-refractivity contribution < 1.29 is 9.53 Å². The van der Waals surface area contributed by atoms with Crippen molar-refractivity contribution in [3.8, 4) is 0 Å². The van der Waals surface area contributed by atoms with Gasteiger partial charge in [0.05, 0.1) is 11.0 Å². The van der Waals surface area contributed by atoms with Crippen LogP contribution >= 0.6 is 0 Å². The number of ether oxygens (including phenoxy) is 1. The largest absolute Gasteiger partial charge is 0.381 e. The molecule has 3 rings (SSSR count). The van der Waals surface area contributed by atoms with E-state index in [2.05, 4.69) is 4.57 Å². The van der Waals surface area contributed by atoms with Gasteiger partial charge >= 0.3 is 0 Å². The number of carbonyl (C=O) groups is 1. The molecule has 0 unspecified atom stereocenters. The molecule has 1 fully saturated rings. The zero-order valence-corrected chi connectivity index (χ0v) is 10.4. The predicted molar refractivity (Wildman–Crippen MR) is 68.9 cm³/mol. The molecule has 1 saturated heterocycles. The van der Waals surface area contributed by atoms with E-state index in [1.54, 1.807) is 0 Å². The second-order valence-electron chi connectivity index (χ2n) is 4.78. The van der Waals surface area contributed by atoms with Crippen LogP contribution in [-0.4, -0.2) is 29.1 Å². The topological polar surface area (TPSA) is 44.1 Å². The molecule has 4 nitrogen and oxygen atoms in total. The highest BCUT2D eigenvalue weighted by Crippen LogP contribution is 2.28. The summed E-state index contributed by atoms with van der Waals surface area (Å²) in [6, 6.07) is 5.66. The van der Waals surface area contributed by atoms with Gasteiger partial charge in [-0.2, -0.15) is 0 Å². The highest BCUT2D eigenvalue weighted by Gasteiger charge is 2.21. The van der Waals surface area contributed by atoms with Gasteiger partial charge in [-0.25, -0.2) is 4.98 Å². The molecule has 1 aliphatic rings. The lowest BCUT2D eigenvalue weighted by Crippen LogP contribution is -2.17. The normalized spacial score (nSPS) is 17.2. The van der Waals surface area contributed by atoms with Crippen molar-refractivity contribution in [2.24, 2.45) is 7.05 Å². The van der Waals surface area contributed by atoms with Gasteiger partial charge in [0, 0.05) is 31.7 Å². The van der Waals surface area contributed by atoms with Crippen molar-refractivity contribution >= 4 is 17.3 Å². The van der Waals surface area contributed by atoms with Crippen LogP contribution in [0.4, 0.5) is 0 Å². The highest BCUT2D eigenvalue weighted by atomic mass is 16.5. The molecule has 18 heavy (non-hydrogen) atoms. The maximum absolute atomic E-state index is 10.8. The Hall–Kier alpha value is -1.68. The molecule has 0 bridgehead atoms. The van der Waals surface area contributed by atoms with Crippen molar-refractivity contribution in [2.75, 3.05) is 13.2 Å². The second kappa shape index (κ2) is 4.53. The van der Waals surface area contributed by atoms with Gasteiger partial charge in [0.25, 0.3) is 0 Å². The van der Waals surface area contributed by atoms with E-state index in [1.807, 2.05) is 25.2 Å². The number of imidazole rings is 1. The molecule has 1 aromatic heterocycles. The van der Waals surface area contributed by atoms with E-state index in [-0.39, 0.29) is 0 Å². The Labute approximate surface area is 106 Å². The van der Waals surface area contributed by atoms with E-state index in [4.69, 9.17) is 9.72 Å². The Balaban J connectivity index is 2.06. The number of hydrogen-bond donors (Lipinski definition) is 0. The fraction of sp³-hybridized carbons (Fsp3) is 0.429. The quantitative estimate of drug-likeness (QED) is 0.761. The van der Waals surface area contributed by atoms with Crippen LogP contribution in [0.3, 0.4) is 0 Å². The van der Waals surface area contributed by atoms with Crippen molar-refractivity contribution in [1.82, 2.24) is 9.55 Å². The monoisotopic (exact) mass is 244 g/mol. The molecule has 94 valence electrons. The van der Waals surface area contributed by atoms with Gasteiger partial charge in [0.1, 0.15) is 12.1 Å². The first-order valence-corrected chi connectivity index (χ1v) is 6.29. The summed E-state index contributed by atoms with van der Waals surface area (Å²) in [5.74, 6) is 1.58. The minimum atomic E-state index is 0.468. The molecule has 1 aromatic carbocycles. The molecule has 0 saturated carbocycles. The average Bonchev–Trinajstić information content (AvgIpc) is 2.76. The molecule has 2 aromatic rings. The molecule has 0 N–H and O–H groups in total. The molecular formula is C14H16N2O2. The van der Waals surface area contributed by atoms with Gasteiger partial charge in [0.2, 0.25) is 0 Å². The van der Waals surface area contributed by atoms with Crippen LogP contribution in [0.15, 0.2) is 18.2 Å². The number of nitrogens with zero attached hydrogens (tertiary/aromatic N) is 2. The molecule has 0 radical (unpaired) electrons. The van der Waals surface area contributed by atoms with Crippen LogP contribution in [0.1, 0.15) is 34.9 Å². The highest BCUT2D eigenvalue weighted by molar-refractivity contribution is 5.85. The Morgan fingerprint density at radius 1 is 1.39 bits per heavy atom. The van der Waals surface area contributed by atoms with Gasteiger partial charge in [-0.15, -0.1) is 0 Å². The molecule has 0 spiro atoms. The first-order valence-electron chi connectivity index (χ1n) is 6.29. The van der Waals surface area contributed by atoms with E-state index in [1.165, 1.54) is 0 Å². The van der Waals surface area contributed by atoms with Crippen LogP contribution < -0.4 is 0 Å². The number of carbonyl (C=O) groups excluding carboxylic acids is 1. The third kappa shape index (κ3) is 1.82. The molecular weight excluding hydrogens is 228 g/mol. The van der Waals surface area contributed by atoms with E-state index in [0.717, 1.165) is 49.2 Å². The summed E-state index contributed by atoms with van der Waals surface area (Å²) in [6.07, 6.45) is 2.91. The molecule has 1 aliphatic heterocycles. The number of rotatable bonds is 2. The number of hydrogen-bond acceptors (Lipinski definition) is 3.